The average Bonchev–Trinajstić information content (AvgIpc) is 2.78. The van der Waals surface area contributed by atoms with E-state index < -0.39 is 0 Å². The molecule has 0 heterocycles. The summed E-state index contributed by atoms with van der Waals surface area (Å²) in [5.41, 5.74) is 0. The normalized spacial score (nSPS) is 42.0. The lowest BCUT2D eigenvalue weighted by atomic mass is 9.73. The lowest BCUT2D eigenvalue weighted by Gasteiger charge is -2.32. The smallest absolute Gasteiger partial charge is 0.0459 e. The molecule has 0 bridgehead atoms. The minimum absolute atomic E-state index is 0.431. The van der Waals surface area contributed by atoms with E-state index in [-0.39, 0.29) is 0 Å². The maximum atomic E-state index is 9.18. The van der Waals surface area contributed by atoms with E-state index in [2.05, 4.69) is 6.92 Å². The molecular formula is C14H26O. The second kappa shape index (κ2) is 5.34. The molecule has 15 heavy (non-hydrogen) atoms. The first-order valence-electron chi connectivity index (χ1n) is 6.94. The third-order valence-electron chi connectivity index (χ3n) is 4.91. The molecule has 2 fully saturated rings. The van der Waals surface area contributed by atoms with Crippen molar-refractivity contribution in [1.82, 2.24) is 0 Å². The first kappa shape index (κ1) is 11.4. The van der Waals surface area contributed by atoms with Gasteiger partial charge in [0.15, 0.2) is 0 Å². The molecule has 1 nitrogen and oxygen atoms in total. The van der Waals surface area contributed by atoms with E-state index in [1.54, 1.807) is 0 Å². The largest absolute Gasteiger partial charge is 0.396 e. The van der Waals surface area contributed by atoms with Gasteiger partial charge in [0.05, 0.1) is 0 Å². The van der Waals surface area contributed by atoms with Crippen molar-refractivity contribution < 1.29 is 5.11 Å². The molecule has 0 saturated heterocycles. The van der Waals surface area contributed by atoms with Gasteiger partial charge < -0.3 is 5.11 Å². The van der Waals surface area contributed by atoms with Gasteiger partial charge in [-0.05, 0) is 49.4 Å². The number of aliphatic hydroxyl groups excluding tert-OH is 1. The molecule has 0 amide bonds. The summed E-state index contributed by atoms with van der Waals surface area (Å²) in [7, 11) is 0. The molecule has 4 atom stereocenters. The Morgan fingerprint density at radius 2 is 1.67 bits per heavy atom. The fourth-order valence-corrected chi connectivity index (χ4v) is 3.84. The summed E-state index contributed by atoms with van der Waals surface area (Å²) in [5, 5.41) is 9.18. The van der Waals surface area contributed by atoms with Crippen molar-refractivity contribution in [2.45, 2.75) is 58.3 Å². The molecule has 2 aliphatic carbocycles. The van der Waals surface area contributed by atoms with E-state index in [9.17, 15) is 5.11 Å². The molecule has 2 saturated carbocycles. The highest BCUT2D eigenvalue weighted by atomic mass is 16.3. The van der Waals surface area contributed by atoms with Crippen LogP contribution in [0.1, 0.15) is 58.3 Å². The Hall–Kier alpha value is -0.0400. The highest BCUT2D eigenvalue weighted by Crippen LogP contribution is 2.43. The first-order valence-corrected chi connectivity index (χ1v) is 6.94. The molecule has 0 radical (unpaired) electrons. The van der Waals surface area contributed by atoms with Crippen molar-refractivity contribution in [1.29, 1.82) is 0 Å². The Balaban J connectivity index is 1.83. The molecule has 0 aliphatic heterocycles. The van der Waals surface area contributed by atoms with Crippen molar-refractivity contribution in [2.75, 3.05) is 6.61 Å². The zero-order chi connectivity index (χ0) is 10.7. The van der Waals surface area contributed by atoms with Crippen LogP contribution in [0.25, 0.3) is 0 Å². The third-order valence-corrected chi connectivity index (χ3v) is 4.91. The van der Waals surface area contributed by atoms with Crippen molar-refractivity contribution in [3.8, 4) is 0 Å². The maximum absolute atomic E-state index is 9.18. The fourth-order valence-electron chi connectivity index (χ4n) is 3.84. The van der Waals surface area contributed by atoms with E-state index in [1.807, 2.05) is 0 Å². The fraction of sp³-hybridized carbons (Fsp3) is 1.00. The van der Waals surface area contributed by atoms with Crippen LogP contribution in [0.3, 0.4) is 0 Å². The average molecular weight is 210 g/mol. The van der Waals surface area contributed by atoms with Gasteiger partial charge in [0.2, 0.25) is 0 Å². The highest BCUT2D eigenvalue weighted by molar-refractivity contribution is 4.84. The molecule has 0 spiro atoms. The van der Waals surface area contributed by atoms with E-state index in [0.717, 1.165) is 17.8 Å². The van der Waals surface area contributed by atoms with Crippen molar-refractivity contribution in [2.24, 2.45) is 23.7 Å². The summed E-state index contributed by atoms with van der Waals surface area (Å²) in [5.74, 6) is 3.60. The van der Waals surface area contributed by atoms with E-state index in [1.165, 1.54) is 51.4 Å². The lowest BCUT2D eigenvalue weighted by Crippen LogP contribution is -2.21. The zero-order valence-corrected chi connectivity index (χ0v) is 10.1. The van der Waals surface area contributed by atoms with Gasteiger partial charge in [0.25, 0.3) is 0 Å². The number of hydrogen-bond donors (Lipinski definition) is 1. The molecule has 0 aromatic rings. The predicted octanol–water partition coefficient (Wildman–Crippen LogP) is 3.61. The maximum Gasteiger partial charge on any atom is 0.0459 e. The summed E-state index contributed by atoms with van der Waals surface area (Å²) in [6.07, 6.45) is 11.3. The minimum atomic E-state index is 0.431. The van der Waals surface area contributed by atoms with E-state index in [4.69, 9.17) is 0 Å². The van der Waals surface area contributed by atoms with Crippen LogP contribution in [-0.4, -0.2) is 11.7 Å². The Morgan fingerprint density at radius 1 is 0.933 bits per heavy atom. The Labute approximate surface area is 94.3 Å². The summed E-state index contributed by atoms with van der Waals surface area (Å²) in [6, 6.07) is 0. The van der Waals surface area contributed by atoms with Gasteiger partial charge in [-0.1, -0.05) is 32.6 Å². The van der Waals surface area contributed by atoms with Gasteiger partial charge in [-0.2, -0.15) is 0 Å². The van der Waals surface area contributed by atoms with Crippen LogP contribution in [0.15, 0.2) is 0 Å². The SMILES string of the molecule is CCC1CCCC(C2CCC(CO)C2)C1. The molecule has 1 N–H and O–H groups in total. The second-order valence-corrected chi connectivity index (χ2v) is 5.82. The molecular weight excluding hydrogens is 184 g/mol. The summed E-state index contributed by atoms with van der Waals surface area (Å²) in [4.78, 5) is 0. The first-order chi connectivity index (χ1) is 7.33. The Bertz CT molecular complexity index is 190. The van der Waals surface area contributed by atoms with Crippen LogP contribution in [0.5, 0.6) is 0 Å². The van der Waals surface area contributed by atoms with Gasteiger partial charge in [0, 0.05) is 6.61 Å². The molecule has 88 valence electrons. The number of aliphatic hydroxyl groups is 1. The summed E-state index contributed by atoms with van der Waals surface area (Å²) < 4.78 is 0. The topological polar surface area (TPSA) is 20.2 Å². The summed E-state index contributed by atoms with van der Waals surface area (Å²) >= 11 is 0. The molecule has 0 aromatic carbocycles. The molecule has 2 rings (SSSR count). The van der Waals surface area contributed by atoms with Crippen LogP contribution in [0.4, 0.5) is 0 Å². The van der Waals surface area contributed by atoms with Gasteiger partial charge in [0.1, 0.15) is 0 Å². The second-order valence-electron chi connectivity index (χ2n) is 5.82. The van der Waals surface area contributed by atoms with Crippen LogP contribution in [-0.2, 0) is 0 Å². The van der Waals surface area contributed by atoms with Crippen molar-refractivity contribution in [3.63, 3.8) is 0 Å². The Kier molecular flexibility index (Phi) is 4.07. The lowest BCUT2D eigenvalue weighted by molar-refractivity contribution is 0.178. The van der Waals surface area contributed by atoms with Crippen molar-refractivity contribution >= 4 is 0 Å². The van der Waals surface area contributed by atoms with Crippen molar-refractivity contribution in [3.05, 3.63) is 0 Å². The molecule has 0 aromatic heterocycles. The monoisotopic (exact) mass is 210 g/mol. The molecule has 4 unspecified atom stereocenters. The number of hydrogen-bond acceptors (Lipinski definition) is 1. The molecule has 2 aliphatic rings. The highest BCUT2D eigenvalue weighted by Gasteiger charge is 2.33. The predicted molar refractivity (Wildman–Crippen MR) is 63.7 cm³/mol. The van der Waals surface area contributed by atoms with E-state index >= 15 is 0 Å². The third kappa shape index (κ3) is 2.75. The van der Waals surface area contributed by atoms with Crippen LogP contribution in [0.2, 0.25) is 0 Å². The van der Waals surface area contributed by atoms with Crippen LogP contribution in [0, 0.1) is 23.7 Å². The van der Waals surface area contributed by atoms with Gasteiger partial charge >= 0.3 is 0 Å². The zero-order valence-electron chi connectivity index (χ0n) is 10.1. The Morgan fingerprint density at radius 3 is 2.33 bits per heavy atom. The van der Waals surface area contributed by atoms with Crippen LogP contribution < -0.4 is 0 Å². The van der Waals surface area contributed by atoms with Gasteiger partial charge in [-0.25, -0.2) is 0 Å². The quantitative estimate of drug-likeness (QED) is 0.754. The van der Waals surface area contributed by atoms with Gasteiger partial charge in [-0.15, -0.1) is 0 Å². The van der Waals surface area contributed by atoms with E-state index in [0.29, 0.717) is 12.5 Å². The van der Waals surface area contributed by atoms with Gasteiger partial charge in [-0.3, -0.25) is 0 Å². The summed E-state index contributed by atoms with van der Waals surface area (Å²) in [6.45, 7) is 2.78. The number of rotatable bonds is 3. The molecule has 1 heteroatoms. The van der Waals surface area contributed by atoms with Crippen LogP contribution >= 0.6 is 0 Å². The minimum Gasteiger partial charge on any atom is -0.396 e. The standard InChI is InChI=1S/C14H26O/c1-2-11-4-3-5-13(8-11)14-7-6-12(9-14)10-15/h11-15H,2-10H2,1H3.